The second-order valence-corrected chi connectivity index (χ2v) is 6.85. The Balaban J connectivity index is 0.000000194. The fourth-order valence-electron chi connectivity index (χ4n) is 2.90. The molecule has 0 radical (unpaired) electrons. The van der Waals surface area contributed by atoms with Crippen LogP contribution in [0.25, 0.3) is 0 Å². The van der Waals surface area contributed by atoms with Crippen molar-refractivity contribution < 1.29 is 19.8 Å². The van der Waals surface area contributed by atoms with Crippen molar-refractivity contribution in [1.29, 1.82) is 0 Å². The van der Waals surface area contributed by atoms with Gasteiger partial charge in [0.2, 0.25) is 0 Å². The number of rotatable bonds is 4. The summed E-state index contributed by atoms with van der Waals surface area (Å²) in [5.74, 6) is -2.22. The van der Waals surface area contributed by atoms with Crippen LogP contribution in [0.2, 0.25) is 0 Å². The van der Waals surface area contributed by atoms with Gasteiger partial charge in [-0.2, -0.15) is 0 Å². The number of para-hydroxylation sites is 1. The van der Waals surface area contributed by atoms with Crippen LogP contribution in [0, 0.1) is 6.92 Å². The standard InChI is InChI=1S/C11H16N2S.C9H8O4/c1-14-11-5-3-2-4-10(11)13-8-6-12-7-9-13;1-5-6(8(10)11)3-2-4-7(5)9(12)13/h2-5,12H,6-9H2,1H3;2-4H,1H3,(H,10,11)(H,12,13). The van der Waals surface area contributed by atoms with E-state index in [1.807, 2.05) is 11.8 Å². The fraction of sp³-hybridized carbons (Fsp3) is 0.300. The molecule has 0 amide bonds. The van der Waals surface area contributed by atoms with Crippen LogP contribution in [0.1, 0.15) is 26.3 Å². The van der Waals surface area contributed by atoms with Gasteiger partial charge in [-0.25, -0.2) is 9.59 Å². The third kappa shape index (κ3) is 5.48. The molecule has 0 unspecified atom stereocenters. The Morgan fingerprint density at radius 1 is 0.963 bits per heavy atom. The topological polar surface area (TPSA) is 89.9 Å². The summed E-state index contributed by atoms with van der Waals surface area (Å²) in [5.41, 5.74) is 1.73. The van der Waals surface area contributed by atoms with Gasteiger partial charge in [0.15, 0.2) is 0 Å². The quantitative estimate of drug-likeness (QED) is 0.693. The van der Waals surface area contributed by atoms with Crippen LogP contribution in [0.4, 0.5) is 5.69 Å². The lowest BCUT2D eigenvalue weighted by Crippen LogP contribution is -2.43. The monoisotopic (exact) mass is 388 g/mol. The smallest absolute Gasteiger partial charge is 0.335 e. The van der Waals surface area contributed by atoms with Crippen LogP contribution in [0.3, 0.4) is 0 Å². The molecular weight excluding hydrogens is 364 g/mol. The zero-order chi connectivity index (χ0) is 19.8. The van der Waals surface area contributed by atoms with Crippen LogP contribution in [-0.2, 0) is 0 Å². The van der Waals surface area contributed by atoms with E-state index in [0.29, 0.717) is 0 Å². The first-order valence-corrected chi connectivity index (χ1v) is 9.83. The summed E-state index contributed by atoms with van der Waals surface area (Å²) in [5, 5.41) is 20.7. The maximum atomic E-state index is 10.6. The van der Waals surface area contributed by atoms with E-state index in [2.05, 4.69) is 40.7 Å². The summed E-state index contributed by atoms with van der Waals surface area (Å²) >= 11 is 1.83. The Morgan fingerprint density at radius 3 is 2.04 bits per heavy atom. The predicted octanol–water partition coefficient (Wildman–Crippen LogP) is 3.21. The van der Waals surface area contributed by atoms with Crippen molar-refractivity contribution >= 4 is 29.4 Å². The normalized spacial score (nSPS) is 13.5. The molecule has 0 aliphatic carbocycles. The number of carboxylic acids is 2. The van der Waals surface area contributed by atoms with Gasteiger partial charge in [0.1, 0.15) is 0 Å². The van der Waals surface area contributed by atoms with E-state index in [9.17, 15) is 9.59 Å². The van der Waals surface area contributed by atoms with Gasteiger partial charge < -0.3 is 20.4 Å². The van der Waals surface area contributed by atoms with Crippen LogP contribution in [0.15, 0.2) is 47.4 Å². The van der Waals surface area contributed by atoms with Crippen molar-refractivity contribution in [3.05, 3.63) is 59.2 Å². The molecule has 3 rings (SSSR count). The second-order valence-electron chi connectivity index (χ2n) is 6.00. The maximum absolute atomic E-state index is 10.6. The number of hydrogen-bond donors (Lipinski definition) is 3. The van der Waals surface area contributed by atoms with Crippen LogP contribution in [0.5, 0.6) is 0 Å². The van der Waals surface area contributed by atoms with Crippen molar-refractivity contribution in [2.75, 3.05) is 37.3 Å². The van der Waals surface area contributed by atoms with Crippen molar-refractivity contribution in [3.8, 4) is 0 Å². The first kappa shape index (κ1) is 20.8. The molecule has 27 heavy (non-hydrogen) atoms. The molecule has 1 aliphatic rings. The molecule has 1 aliphatic heterocycles. The summed E-state index contributed by atoms with van der Waals surface area (Å²) in [4.78, 5) is 25.1. The zero-order valence-corrected chi connectivity index (χ0v) is 16.3. The molecule has 3 N–H and O–H groups in total. The Labute approximate surface area is 163 Å². The average Bonchev–Trinajstić information content (AvgIpc) is 2.69. The van der Waals surface area contributed by atoms with Gasteiger partial charge in [0.25, 0.3) is 0 Å². The molecule has 6 nitrogen and oxygen atoms in total. The minimum atomic E-state index is -1.11. The average molecular weight is 388 g/mol. The number of anilines is 1. The molecule has 0 spiro atoms. The van der Waals surface area contributed by atoms with E-state index >= 15 is 0 Å². The third-order valence-corrected chi connectivity index (χ3v) is 5.12. The Morgan fingerprint density at radius 2 is 1.52 bits per heavy atom. The highest BCUT2D eigenvalue weighted by Crippen LogP contribution is 2.28. The van der Waals surface area contributed by atoms with Gasteiger partial charge in [-0.3, -0.25) is 0 Å². The number of thioether (sulfide) groups is 1. The van der Waals surface area contributed by atoms with E-state index in [0.717, 1.165) is 26.2 Å². The molecule has 144 valence electrons. The molecule has 0 atom stereocenters. The molecule has 1 saturated heterocycles. The molecule has 2 aromatic rings. The number of nitrogens with one attached hydrogen (secondary N) is 1. The first-order chi connectivity index (χ1) is 13.0. The molecule has 1 fully saturated rings. The van der Waals surface area contributed by atoms with Crippen molar-refractivity contribution in [2.24, 2.45) is 0 Å². The summed E-state index contributed by atoms with van der Waals surface area (Å²) in [7, 11) is 0. The van der Waals surface area contributed by atoms with Crippen molar-refractivity contribution in [1.82, 2.24) is 5.32 Å². The first-order valence-electron chi connectivity index (χ1n) is 8.60. The number of benzene rings is 2. The van der Waals surface area contributed by atoms with E-state index in [1.54, 1.807) is 0 Å². The predicted molar refractivity (Wildman–Crippen MR) is 108 cm³/mol. The number of piperazine rings is 1. The number of carbonyl (C=O) groups is 2. The van der Waals surface area contributed by atoms with Crippen molar-refractivity contribution in [2.45, 2.75) is 11.8 Å². The van der Waals surface area contributed by atoms with Crippen LogP contribution < -0.4 is 10.2 Å². The number of hydrogen-bond acceptors (Lipinski definition) is 5. The van der Waals surface area contributed by atoms with Crippen molar-refractivity contribution in [3.63, 3.8) is 0 Å². The SMILES string of the molecule is CSc1ccccc1N1CCNCC1.Cc1c(C(=O)O)cccc1C(=O)O. The van der Waals surface area contributed by atoms with Gasteiger partial charge in [-0.05, 0) is 43.0 Å². The minimum Gasteiger partial charge on any atom is -0.478 e. The summed E-state index contributed by atoms with van der Waals surface area (Å²) in [6.07, 6.45) is 2.14. The lowest BCUT2D eigenvalue weighted by atomic mass is 10.0. The summed E-state index contributed by atoms with van der Waals surface area (Å²) in [6, 6.07) is 12.8. The van der Waals surface area contributed by atoms with E-state index < -0.39 is 11.9 Å². The highest BCUT2D eigenvalue weighted by molar-refractivity contribution is 7.98. The Bertz CT molecular complexity index is 772. The lowest BCUT2D eigenvalue weighted by molar-refractivity contribution is 0.0696. The molecular formula is C20H24N2O4S. The minimum absolute atomic E-state index is 0.0277. The molecule has 0 bridgehead atoms. The largest absolute Gasteiger partial charge is 0.478 e. The summed E-state index contributed by atoms with van der Waals surface area (Å²) < 4.78 is 0. The van der Waals surface area contributed by atoms with Gasteiger partial charge in [0, 0.05) is 31.1 Å². The number of carboxylic acid groups (broad SMARTS) is 2. The molecule has 7 heteroatoms. The van der Waals surface area contributed by atoms with E-state index in [-0.39, 0.29) is 16.7 Å². The Hall–Kier alpha value is -2.51. The van der Waals surface area contributed by atoms with E-state index in [1.165, 1.54) is 35.7 Å². The van der Waals surface area contributed by atoms with Crippen LogP contribution in [-0.4, -0.2) is 54.6 Å². The van der Waals surface area contributed by atoms with Crippen LogP contribution >= 0.6 is 11.8 Å². The van der Waals surface area contributed by atoms with Gasteiger partial charge >= 0.3 is 11.9 Å². The van der Waals surface area contributed by atoms with Gasteiger partial charge in [-0.1, -0.05) is 18.2 Å². The highest BCUT2D eigenvalue weighted by atomic mass is 32.2. The van der Waals surface area contributed by atoms with Gasteiger partial charge in [0.05, 0.1) is 16.8 Å². The molecule has 0 saturated carbocycles. The Kier molecular flexibility index (Phi) is 7.69. The van der Waals surface area contributed by atoms with Gasteiger partial charge in [-0.15, -0.1) is 11.8 Å². The summed E-state index contributed by atoms with van der Waals surface area (Å²) in [6.45, 7) is 5.92. The molecule has 2 aromatic carbocycles. The second kappa shape index (κ2) is 9.99. The molecule has 0 aromatic heterocycles. The maximum Gasteiger partial charge on any atom is 0.335 e. The third-order valence-electron chi connectivity index (χ3n) is 4.34. The highest BCUT2D eigenvalue weighted by Gasteiger charge is 2.14. The fourth-order valence-corrected chi connectivity index (χ4v) is 3.52. The lowest BCUT2D eigenvalue weighted by Gasteiger charge is -2.30. The zero-order valence-electron chi connectivity index (χ0n) is 15.4. The number of aromatic carboxylic acids is 2. The molecule has 1 heterocycles. The number of nitrogens with zero attached hydrogens (tertiary/aromatic N) is 1. The van der Waals surface area contributed by atoms with E-state index in [4.69, 9.17) is 10.2 Å².